The van der Waals surface area contributed by atoms with Gasteiger partial charge in [-0.2, -0.15) is 0 Å². The first-order valence-electron chi connectivity index (χ1n) is 14.3. The number of rotatable bonds is 15. The van der Waals surface area contributed by atoms with Crippen molar-refractivity contribution < 1.29 is 14.4 Å². The van der Waals surface area contributed by atoms with E-state index in [2.05, 4.69) is 24.4 Å². The predicted molar refractivity (Wildman–Crippen MR) is 157 cm³/mol. The Morgan fingerprint density at radius 3 is 2.63 bits per heavy atom. The molecule has 208 valence electrons. The number of hydrogen-bond donors (Lipinski definition) is 1. The Kier molecular flexibility index (Phi) is 12.1. The zero-order valence-electron chi connectivity index (χ0n) is 23.6. The smallest absolute Gasteiger partial charge is 0.224 e. The number of carbonyl (C=O) groups is 3. The molecule has 6 nitrogen and oxygen atoms in total. The van der Waals surface area contributed by atoms with Crippen molar-refractivity contribution in [3.63, 3.8) is 0 Å². The molecule has 0 radical (unpaired) electrons. The van der Waals surface area contributed by atoms with Crippen molar-refractivity contribution >= 4 is 39.0 Å². The van der Waals surface area contributed by atoms with E-state index in [0.29, 0.717) is 25.2 Å². The Bertz CT molecular complexity index is 1100. The molecular weight excluding hydrogens is 494 g/mol. The first-order chi connectivity index (χ1) is 18.2. The van der Waals surface area contributed by atoms with Crippen LogP contribution < -0.4 is 5.32 Å². The average molecular weight is 540 g/mol. The van der Waals surface area contributed by atoms with Crippen molar-refractivity contribution in [2.75, 3.05) is 20.6 Å². The lowest BCUT2D eigenvalue weighted by Crippen LogP contribution is -2.41. The van der Waals surface area contributed by atoms with Gasteiger partial charge >= 0.3 is 0 Å². The van der Waals surface area contributed by atoms with E-state index in [9.17, 15) is 14.4 Å². The molecule has 1 heterocycles. The summed E-state index contributed by atoms with van der Waals surface area (Å²) in [5.74, 6) is 0.130. The van der Waals surface area contributed by atoms with Crippen molar-refractivity contribution in [2.24, 2.45) is 11.8 Å². The maximum absolute atomic E-state index is 13.6. The highest BCUT2D eigenvalue weighted by molar-refractivity contribution is 7.18. The lowest BCUT2D eigenvalue weighted by molar-refractivity contribution is -0.129. The summed E-state index contributed by atoms with van der Waals surface area (Å²) in [5.41, 5.74) is 2.21. The van der Waals surface area contributed by atoms with Crippen LogP contribution in [0.3, 0.4) is 0 Å². The topological polar surface area (TPSA) is 79.4 Å². The number of allylic oxidation sites excluding steroid dienone is 1. The van der Waals surface area contributed by atoms with E-state index in [0.717, 1.165) is 34.6 Å². The van der Waals surface area contributed by atoms with Crippen molar-refractivity contribution in [1.29, 1.82) is 0 Å². The van der Waals surface area contributed by atoms with E-state index in [1.54, 1.807) is 24.3 Å². The molecule has 1 aromatic carbocycles. The Labute approximate surface area is 232 Å². The largest absolute Gasteiger partial charge is 0.353 e. The molecule has 38 heavy (non-hydrogen) atoms. The van der Waals surface area contributed by atoms with Crippen LogP contribution in [0, 0.1) is 11.8 Å². The van der Waals surface area contributed by atoms with Gasteiger partial charge in [0, 0.05) is 31.8 Å². The molecule has 1 aromatic heterocycles. The maximum Gasteiger partial charge on any atom is 0.224 e. The second-order valence-corrected chi connectivity index (χ2v) is 12.3. The third-order valence-electron chi connectivity index (χ3n) is 7.43. The van der Waals surface area contributed by atoms with Gasteiger partial charge in [-0.25, -0.2) is 4.98 Å². The number of aromatic nitrogens is 1. The van der Waals surface area contributed by atoms with Crippen LogP contribution in [0.1, 0.15) is 82.2 Å². The molecule has 7 heteroatoms. The Hall–Kier alpha value is -2.38. The number of amides is 1. The summed E-state index contributed by atoms with van der Waals surface area (Å²) in [4.78, 5) is 44.9. The van der Waals surface area contributed by atoms with Gasteiger partial charge in [0.2, 0.25) is 5.91 Å². The van der Waals surface area contributed by atoms with Gasteiger partial charge in [0.1, 0.15) is 5.78 Å². The van der Waals surface area contributed by atoms with E-state index < -0.39 is 5.92 Å². The molecule has 0 bridgehead atoms. The summed E-state index contributed by atoms with van der Waals surface area (Å²) in [6.45, 7) is 4.41. The molecule has 1 amide bonds. The lowest BCUT2D eigenvalue weighted by atomic mass is 9.83. The fraction of sp³-hybridized carbons (Fsp3) is 0.613. The van der Waals surface area contributed by atoms with Crippen molar-refractivity contribution in [2.45, 2.75) is 90.5 Å². The number of carbonyl (C=O) groups excluding carboxylic acids is 3. The van der Waals surface area contributed by atoms with Gasteiger partial charge in [-0.05, 0) is 70.0 Å². The predicted octanol–water partition coefficient (Wildman–Crippen LogP) is 5.92. The molecule has 1 saturated carbocycles. The zero-order valence-corrected chi connectivity index (χ0v) is 24.4. The fourth-order valence-corrected chi connectivity index (χ4v) is 6.44. The van der Waals surface area contributed by atoms with Gasteiger partial charge in [-0.15, -0.1) is 11.3 Å². The molecule has 0 aliphatic heterocycles. The van der Waals surface area contributed by atoms with Gasteiger partial charge < -0.3 is 15.0 Å². The third-order valence-corrected chi connectivity index (χ3v) is 8.47. The Balaban J connectivity index is 1.69. The highest BCUT2D eigenvalue weighted by Gasteiger charge is 2.27. The van der Waals surface area contributed by atoms with Crippen LogP contribution in [0.15, 0.2) is 30.4 Å². The minimum Gasteiger partial charge on any atom is -0.353 e. The number of thiazole rings is 1. The minimum absolute atomic E-state index is 0.00423. The fourth-order valence-electron chi connectivity index (χ4n) is 5.33. The van der Waals surface area contributed by atoms with Crippen molar-refractivity contribution in [1.82, 2.24) is 15.2 Å². The van der Waals surface area contributed by atoms with Crippen LogP contribution in [-0.4, -0.2) is 54.0 Å². The molecule has 0 saturated heterocycles. The second kappa shape index (κ2) is 15.3. The summed E-state index contributed by atoms with van der Waals surface area (Å²) < 4.78 is 1.12. The van der Waals surface area contributed by atoms with Crippen LogP contribution in [0.5, 0.6) is 0 Å². The molecule has 1 aliphatic carbocycles. The maximum atomic E-state index is 13.6. The van der Waals surface area contributed by atoms with E-state index in [1.807, 2.05) is 31.1 Å². The lowest BCUT2D eigenvalue weighted by Gasteiger charge is -2.28. The molecular formula is C31H45N3O3S. The summed E-state index contributed by atoms with van der Waals surface area (Å²) in [7, 11) is 3.94. The summed E-state index contributed by atoms with van der Waals surface area (Å²) in [5, 5.41) is 4.16. The SMILES string of the molecule is CCc1ccc2nc(C[C@H](CC(C)=O)C(=O)N[C@H](CCC(=O)/C=C/CN(C)C)CC3CCCCC3)sc2c1. The first-order valence-corrected chi connectivity index (χ1v) is 15.1. The number of likely N-dealkylation sites (N-methyl/N-ethyl adjacent to an activating group) is 1. The molecule has 0 spiro atoms. The number of nitrogens with zero attached hydrogens (tertiary/aromatic N) is 2. The number of nitrogens with one attached hydrogen (secondary N) is 1. The molecule has 1 fully saturated rings. The van der Waals surface area contributed by atoms with Gasteiger partial charge in [0.05, 0.1) is 21.1 Å². The van der Waals surface area contributed by atoms with Crippen molar-refractivity contribution in [3.05, 3.63) is 40.9 Å². The highest BCUT2D eigenvalue weighted by atomic mass is 32.1. The molecule has 1 aliphatic rings. The van der Waals surface area contributed by atoms with Crippen LogP contribution in [0.25, 0.3) is 10.2 Å². The Morgan fingerprint density at radius 2 is 1.95 bits per heavy atom. The number of Topliss-reactive ketones (excluding diaryl/α,β-unsaturated/α-hetero) is 1. The first kappa shape index (κ1) is 30.2. The number of aryl methyl sites for hydroxylation is 1. The monoisotopic (exact) mass is 539 g/mol. The summed E-state index contributed by atoms with van der Waals surface area (Å²) in [6.07, 6.45) is 13.2. The number of fused-ring (bicyclic) bond motifs is 1. The molecule has 2 aromatic rings. The number of benzene rings is 1. The van der Waals surface area contributed by atoms with Crippen LogP contribution in [-0.2, 0) is 27.2 Å². The van der Waals surface area contributed by atoms with Gasteiger partial charge in [-0.3, -0.25) is 9.59 Å². The molecule has 1 N–H and O–H groups in total. The molecule has 3 rings (SSSR count). The number of hydrogen-bond acceptors (Lipinski definition) is 6. The molecule has 2 atom stereocenters. The quantitative estimate of drug-likeness (QED) is 0.284. The van der Waals surface area contributed by atoms with E-state index in [-0.39, 0.29) is 29.9 Å². The highest BCUT2D eigenvalue weighted by Crippen LogP contribution is 2.29. The second-order valence-electron chi connectivity index (χ2n) is 11.2. The zero-order chi connectivity index (χ0) is 27.5. The van der Waals surface area contributed by atoms with E-state index >= 15 is 0 Å². The van der Waals surface area contributed by atoms with E-state index in [1.165, 1.54) is 37.7 Å². The third kappa shape index (κ3) is 10.1. The molecule has 0 unspecified atom stereocenters. The Morgan fingerprint density at radius 1 is 1.18 bits per heavy atom. The van der Waals surface area contributed by atoms with Crippen LogP contribution >= 0.6 is 11.3 Å². The minimum atomic E-state index is -0.455. The average Bonchev–Trinajstić information content (AvgIpc) is 3.28. The van der Waals surface area contributed by atoms with Crippen LogP contribution in [0.4, 0.5) is 0 Å². The van der Waals surface area contributed by atoms with Crippen LogP contribution in [0.2, 0.25) is 0 Å². The van der Waals surface area contributed by atoms with E-state index in [4.69, 9.17) is 4.98 Å². The standard InChI is InChI=1S/C31H45N3O3S/c1-5-23-13-16-28-29(20-23)38-30(33-28)21-25(18-22(2)35)31(37)32-26(19-24-10-7-6-8-11-24)14-15-27(36)12-9-17-34(3)4/h9,12-13,16,20,24-26H,5-8,10-11,14-15,17-19,21H2,1-4H3,(H,32,37)/b12-9+/t25-,26+/m0/s1. The van der Waals surface area contributed by atoms with Gasteiger partial charge in [-0.1, -0.05) is 51.2 Å². The van der Waals surface area contributed by atoms with Gasteiger partial charge in [0.15, 0.2) is 5.78 Å². The summed E-state index contributed by atoms with van der Waals surface area (Å²) in [6, 6.07) is 6.24. The normalized spacial score (nSPS) is 16.2. The summed E-state index contributed by atoms with van der Waals surface area (Å²) >= 11 is 1.61. The van der Waals surface area contributed by atoms with Gasteiger partial charge in [0.25, 0.3) is 0 Å². The van der Waals surface area contributed by atoms with Crippen molar-refractivity contribution in [3.8, 4) is 0 Å². The number of ketones is 2.